The average Bonchev–Trinajstić information content (AvgIpc) is 3.21. The van der Waals surface area contributed by atoms with E-state index in [0.717, 1.165) is 23.0 Å². The highest BCUT2D eigenvalue weighted by Gasteiger charge is 2.29. The number of urea groups is 1. The van der Waals surface area contributed by atoms with Gasteiger partial charge < -0.3 is 14.6 Å². The minimum absolute atomic E-state index is 0.0839. The van der Waals surface area contributed by atoms with E-state index in [1.54, 1.807) is 4.90 Å². The summed E-state index contributed by atoms with van der Waals surface area (Å²) in [5.41, 5.74) is 1.72. The zero-order chi connectivity index (χ0) is 17.6. The highest BCUT2D eigenvalue weighted by molar-refractivity contribution is 6.09. The van der Waals surface area contributed by atoms with Crippen molar-refractivity contribution in [1.29, 1.82) is 0 Å². The molecule has 0 spiro atoms. The molecule has 3 heterocycles. The SMILES string of the molecule is O=C1CCN(c2cccc3c2ccn3C2CCN(C(=O)O)C2)C(=O)N1. The normalized spacial score (nSPS) is 21.0. The molecule has 0 radical (unpaired) electrons. The van der Waals surface area contributed by atoms with Crippen molar-refractivity contribution in [2.24, 2.45) is 0 Å². The number of nitrogens with one attached hydrogen (secondary N) is 1. The third kappa shape index (κ3) is 2.59. The molecular formula is C17H18N4O4. The number of benzene rings is 1. The summed E-state index contributed by atoms with van der Waals surface area (Å²) >= 11 is 0. The summed E-state index contributed by atoms with van der Waals surface area (Å²) in [5, 5.41) is 12.4. The van der Waals surface area contributed by atoms with Crippen LogP contribution in [0.1, 0.15) is 18.9 Å². The number of amides is 4. The molecule has 1 aromatic heterocycles. The van der Waals surface area contributed by atoms with Gasteiger partial charge in [0.2, 0.25) is 5.91 Å². The summed E-state index contributed by atoms with van der Waals surface area (Å²) in [6.07, 6.45) is 2.09. The number of aromatic nitrogens is 1. The maximum atomic E-state index is 12.1. The average molecular weight is 342 g/mol. The molecule has 25 heavy (non-hydrogen) atoms. The largest absolute Gasteiger partial charge is 0.465 e. The third-order valence-corrected chi connectivity index (χ3v) is 4.91. The van der Waals surface area contributed by atoms with Crippen LogP contribution in [-0.2, 0) is 4.79 Å². The Hall–Kier alpha value is -3.03. The lowest BCUT2D eigenvalue weighted by Crippen LogP contribution is -2.49. The van der Waals surface area contributed by atoms with Crippen LogP contribution in [0, 0.1) is 0 Å². The third-order valence-electron chi connectivity index (χ3n) is 4.91. The number of imide groups is 1. The Morgan fingerprint density at radius 1 is 1.20 bits per heavy atom. The summed E-state index contributed by atoms with van der Waals surface area (Å²) in [5.74, 6) is -0.259. The number of anilines is 1. The van der Waals surface area contributed by atoms with E-state index in [-0.39, 0.29) is 18.4 Å². The van der Waals surface area contributed by atoms with Crippen LogP contribution >= 0.6 is 0 Å². The Morgan fingerprint density at radius 2 is 2.04 bits per heavy atom. The smallest absolute Gasteiger partial charge is 0.407 e. The molecule has 130 valence electrons. The van der Waals surface area contributed by atoms with E-state index in [9.17, 15) is 14.4 Å². The molecule has 8 heteroatoms. The van der Waals surface area contributed by atoms with E-state index in [2.05, 4.69) is 9.88 Å². The molecule has 0 aliphatic carbocycles. The Bertz CT molecular complexity index is 875. The minimum atomic E-state index is -0.894. The number of carbonyl (C=O) groups excluding carboxylic acids is 2. The number of nitrogens with zero attached hydrogens (tertiary/aromatic N) is 3. The molecular weight excluding hydrogens is 324 g/mol. The van der Waals surface area contributed by atoms with Crippen molar-refractivity contribution in [2.75, 3.05) is 24.5 Å². The monoisotopic (exact) mass is 342 g/mol. The number of carbonyl (C=O) groups is 3. The van der Waals surface area contributed by atoms with E-state index < -0.39 is 12.1 Å². The molecule has 0 saturated carbocycles. The Labute approximate surface area is 143 Å². The molecule has 1 aromatic carbocycles. The summed E-state index contributed by atoms with van der Waals surface area (Å²) in [6, 6.07) is 7.32. The van der Waals surface area contributed by atoms with Gasteiger partial charge in [0.25, 0.3) is 0 Å². The van der Waals surface area contributed by atoms with E-state index in [1.165, 1.54) is 4.90 Å². The van der Waals surface area contributed by atoms with Gasteiger partial charge in [-0.05, 0) is 24.6 Å². The Morgan fingerprint density at radius 3 is 2.76 bits per heavy atom. The fourth-order valence-corrected chi connectivity index (χ4v) is 3.66. The first-order valence-electron chi connectivity index (χ1n) is 8.23. The lowest BCUT2D eigenvalue weighted by atomic mass is 10.1. The van der Waals surface area contributed by atoms with Gasteiger partial charge in [0.05, 0.1) is 17.2 Å². The highest BCUT2D eigenvalue weighted by atomic mass is 16.4. The van der Waals surface area contributed by atoms with Gasteiger partial charge in [-0.2, -0.15) is 0 Å². The quantitative estimate of drug-likeness (QED) is 0.873. The summed E-state index contributed by atoms with van der Waals surface area (Å²) in [4.78, 5) is 37.6. The van der Waals surface area contributed by atoms with Gasteiger partial charge in [-0.3, -0.25) is 15.0 Å². The number of rotatable bonds is 2. The van der Waals surface area contributed by atoms with Gasteiger partial charge in [-0.15, -0.1) is 0 Å². The molecule has 2 aromatic rings. The number of hydrogen-bond acceptors (Lipinski definition) is 3. The van der Waals surface area contributed by atoms with Crippen molar-refractivity contribution in [1.82, 2.24) is 14.8 Å². The molecule has 2 N–H and O–H groups in total. The van der Waals surface area contributed by atoms with Crippen molar-refractivity contribution in [3.8, 4) is 0 Å². The molecule has 2 aliphatic rings. The van der Waals surface area contributed by atoms with Crippen LogP contribution in [0.2, 0.25) is 0 Å². The lowest BCUT2D eigenvalue weighted by Gasteiger charge is -2.27. The predicted octanol–water partition coefficient (Wildman–Crippen LogP) is 2.01. The second-order valence-corrected chi connectivity index (χ2v) is 6.36. The zero-order valence-corrected chi connectivity index (χ0v) is 13.5. The molecule has 2 saturated heterocycles. The summed E-state index contributed by atoms with van der Waals surface area (Å²) < 4.78 is 2.08. The molecule has 4 amide bonds. The van der Waals surface area contributed by atoms with Crippen LogP contribution in [0.4, 0.5) is 15.3 Å². The van der Waals surface area contributed by atoms with Gasteiger partial charge in [0.1, 0.15) is 0 Å². The fraction of sp³-hybridized carbons (Fsp3) is 0.353. The molecule has 0 bridgehead atoms. The highest BCUT2D eigenvalue weighted by Crippen LogP contribution is 2.33. The van der Waals surface area contributed by atoms with Gasteiger partial charge in [-0.1, -0.05) is 6.07 Å². The summed E-state index contributed by atoms with van der Waals surface area (Å²) in [7, 11) is 0. The van der Waals surface area contributed by atoms with Crippen LogP contribution in [0.5, 0.6) is 0 Å². The first-order chi connectivity index (χ1) is 12.0. The number of hydrogen-bond donors (Lipinski definition) is 2. The molecule has 1 unspecified atom stereocenters. The Kier molecular flexibility index (Phi) is 3.60. The van der Waals surface area contributed by atoms with Gasteiger partial charge in [0.15, 0.2) is 0 Å². The predicted molar refractivity (Wildman–Crippen MR) is 90.7 cm³/mol. The van der Waals surface area contributed by atoms with E-state index >= 15 is 0 Å². The minimum Gasteiger partial charge on any atom is -0.465 e. The maximum absolute atomic E-state index is 12.1. The topological polar surface area (TPSA) is 94.9 Å². The zero-order valence-electron chi connectivity index (χ0n) is 13.5. The molecule has 4 rings (SSSR count). The first-order valence-corrected chi connectivity index (χ1v) is 8.23. The van der Waals surface area contributed by atoms with Crippen molar-refractivity contribution in [2.45, 2.75) is 18.9 Å². The van der Waals surface area contributed by atoms with Crippen LogP contribution in [0.25, 0.3) is 10.9 Å². The number of likely N-dealkylation sites (tertiary alicyclic amines) is 1. The lowest BCUT2D eigenvalue weighted by molar-refractivity contribution is -0.120. The molecule has 2 fully saturated rings. The van der Waals surface area contributed by atoms with E-state index in [1.807, 2.05) is 30.5 Å². The van der Waals surface area contributed by atoms with E-state index in [4.69, 9.17) is 5.11 Å². The number of carboxylic acid groups (broad SMARTS) is 1. The van der Waals surface area contributed by atoms with Crippen LogP contribution in [0.3, 0.4) is 0 Å². The molecule has 2 aliphatic heterocycles. The van der Waals surface area contributed by atoms with Gasteiger partial charge in [0, 0.05) is 37.6 Å². The molecule has 8 nitrogen and oxygen atoms in total. The van der Waals surface area contributed by atoms with Crippen molar-refractivity contribution in [3.63, 3.8) is 0 Å². The standard InChI is InChI=1S/C17H18N4O4/c22-15-6-9-21(16(23)18-15)14-3-1-2-13-12(14)5-8-20(13)11-4-7-19(10-11)17(24)25/h1-3,5,8,11H,4,6-7,9-10H2,(H,24,25)(H,18,22,23). The van der Waals surface area contributed by atoms with Crippen molar-refractivity contribution >= 4 is 34.6 Å². The second-order valence-electron chi connectivity index (χ2n) is 6.36. The fourth-order valence-electron chi connectivity index (χ4n) is 3.66. The number of fused-ring (bicyclic) bond motifs is 1. The Balaban J connectivity index is 1.68. The van der Waals surface area contributed by atoms with Crippen molar-refractivity contribution < 1.29 is 19.5 Å². The van der Waals surface area contributed by atoms with Crippen LogP contribution in [-0.4, -0.2) is 52.2 Å². The summed E-state index contributed by atoms with van der Waals surface area (Å²) in [6.45, 7) is 1.34. The first kappa shape index (κ1) is 15.5. The second kappa shape index (κ2) is 5.80. The molecule has 1 atom stereocenters. The van der Waals surface area contributed by atoms with E-state index in [0.29, 0.717) is 19.6 Å². The van der Waals surface area contributed by atoms with Crippen LogP contribution < -0.4 is 10.2 Å². The van der Waals surface area contributed by atoms with Crippen molar-refractivity contribution in [3.05, 3.63) is 30.5 Å². The van der Waals surface area contributed by atoms with Gasteiger partial charge >= 0.3 is 12.1 Å². The maximum Gasteiger partial charge on any atom is 0.407 e. The van der Waals surface area contributed by atoms with Gasteiger partial charge in [-0.25, -0.2) is 9.59 Å². The van der Waals surface area contributed by atoms with Crippen LogP contribution in [0.15, 0.2) is 30.5 Å².